The first-order chi connectivity index (χ1) is 16.6. The van der Waals surface area contributed by atoms with Crippen LogP contribution in [0.5, 0.6) is 0 Å². The Morgan fingerprint density at radius 2 is 1.65 bits per heavy atom. The lowest BCUT2D eigenvalue weighted by Crippen LogP contribution is -2.47. The number of piperazine rings is 1. The van der Waals surface area contributed by atoms with Gasteiger partial charge in [-0.3, -0.25) is 0 Å². The first-order valence-electron chi connectivity index (χ1n) is 12.2. The summed E-state index contributed by atoms with van der Waals surface area (Å²) in [4.78, 5) is 15.2. The molecule has 2 aromatic carbocycles. The van der Waals surface area contributed by atoms with Crippen LogP contribution >= 0.6 is 22.9 Å². The predicted molar refractivity (Wildman–Crippen MR) is 145 cm³/mol. The van der Waals surface area contributed by atoms with E-state index in [1.165, 1.54) is 64.8 Å². The van der Waals surface area contributed by atoms with Gasteiger partial charge in [-0.05, 0) is 85.0 Å². The number of aromatic nitrogens is 2. The average molecular weight is 489 g/mol. The Morgan fingerprint density at radius 1 is 0.882 bits per heavy atom. The van der Waals surface area contributed by atoms with Crippen molar-refractivity contribution in [3.63, 3.8) is 0 Å². The number of halogens is 1. The number of benzene rings is 2. The van der Waals surface area contributed by atoms with E-state index >= 15 is 0 Å². The van der Waals surface area contributed by atoms with Crippen LogP contribution < -0.4 is 9.80 Å². The maximum absolute atomic E-state index is 6.40. The maximum atomic E-state index is 6.40. The molecule has 34 heavy (non-hydrogen) atoms. The molecule has 2 aromatic heterocycles. The molecule has 1 aliphatic carbocycles. The summed E-state index contributed by atoms with van der Waals surface area (Å²) in [7, 11) is 0. The molecule has 0 saturated carbocycles. The van der Waals surface area contributed by atoms with E-state index in [1.54, 1.807) is 11.3 Å². The molecule has 4 aromatic rings. The summed E-state index contributed by atoms with van der Waals surface area (Å²) < 4.78 is 0. The Kier molecular flexibility index (Phi) is 5.70. The highest BCUT2D eigenvalue weighted by atomic mass is 35.5. The maximum Gasteiger partial charge on any atom is 0.225 e. The van der Waals surface area contributed by atoms with Crippen LogP contribution in [0.4, 0.5) is 11.5 Å². The van der Waals surface area contributed by atoms with Gasteiger partial charge >= 0.3 is 0 Å². The molecule has 2 aliphatic rings. The highest BCUT2D eigenvalue weighted by Gasteiger charge is 2.25. The lowest BCUT2D eigenvalue weighted by molar-refractivity contribution is 0.647. The molecule has 0 unspecified atom stereocenters. The van der Waals surface area contributed by atoms with Crippen LogP contribution in [0, 0.1) is 13.8 Å². The van der Waals surface area contributed by atoms with E-state index in [0.29, 0.717) is 5.28 Å². The molecule has 0 spiro atoms. The summed E-state index contributed by atoms with van der Waals surface area (Å²) >= 11 is 8.07. The fraction of sp³-hybridized carbons (Fsp3) is 0.357. The van der Waals surface area contributed by atoms with Gasteiger partial charge in [0, 0.05) is 42.8 Å². The molecule has 0 radical (unpaired) electrons. The largest absolute Gasteiger partial charge is 0.368 e. The number of thiophene rings is 1. The number of hydrogen-bond acceptors (Lipinski definition) is 5. The van der Waals surface area contributed by atoms with Gasteiger partial charge in [0.1, 0.15) is 10.6 Å². The molecule has 6 heteroatoms. The first-order valence-corrected chi connectivity index (χ1v) is 13.5. The summed E-state index contributed by atoms with van der Waals surface area (Å²) in [5, 5.41) is 3.71. The van der Waals surface area contributed by atoms with Crippen LogP contribution in [0.25, 0.3) is 21.3 Å². The third kappa shape index (κ3) is 3.85. The van der Waals surface area contributed by atoms with Crippen molar-refractivity contribution in [3.05, 3.63) is 69.3 Å². The average Bonchev–Trinajstić information content (AvgIpc) is 3.29. The van der Waals surface area contributed by atoms with Crippen LogP contribution in [0.1, 0.15) is 35.1 Å². The second-order valence-corrected chi connectivity index (χ2v) is 10.7. The standard InChI is InChI=1S/C28H29ClN4S/c1-18-6-5-9-24(19(18)2)32-12-14-33(15-13-32)26-25-23(17-34-27(25)31-28(29)30-26)22-11-10-20-7-3-4-8-21(20)16-22/h5-6,9-11,16-17H,3-4,7-8,12-15H2,1-2H3. The smallest absolute Gasteiger partial charge is 0.225 e. The second kappa shape index (κ2) is 8.86. The summed E-state index contributed by atoms with van der Waals surface area (Å²) in [5.41, 5.74) is 9.58. The molecule has 4 nitrogen and oxygen atoms in total. The quantitative estimate of drug-likeness (QED) is 0.296. The molecule has 0 atom stereocenters. The number of aryl methyl sites for hydroxylation is 3. The minimum absolute atomic E-state index is 0.332. The number of nitrogens with zero attached hydrogens (tertiary/aromatic N) is 4. The van der Waals surface area contributed by atoms with Gasteiger partial charge in [-0.25, -0.2) is 4.98 Å². The fourth-order valence-corrected chi connectivity index (χ4v) is 6.63. The summed E-state index contributed by atoms with van der Waals surface area (Å²) in [6.07, 6.45) is 4.98. The lowest BCUT2D eigenvalue weighted by atomic mass is 9.89. The number of rotatable bonds is 3. The summed E-state index contributed by atoms with van der Waals surface area (Å²) in [5.74, 6) is 0.976. The summed E-state index contributed by atoms with van der Waals surface area (Å²) in [6, 6.07) is 13.6. The van der Waals surface area contributed by atoms with Gasteiger partial charge < -0.3 is 9.80 Å². The Balaban J connectivity index is 1.34. The first kappa shape index (κ1) is 21.9. The Bertz CT molecular complexity index is 1370. The molecule has 0 N–H and O–H groups in total. The predicted octanol–water partition coefficient (Wildman–Crippen LogP) is 6.83. The third-order valence-electron chi connectivity index (χ3n) is 7.54. The fourth-order valence-electron chi connectivity index (χ4n) is 5.48. The molecule has 3 heterocycles. The van der Waals surface area contributed by atoms with Crippen LogP contribution in [-0.2, 0) is 12.8 Å². The minimum Gasteiger partial charge on any atom is -0.368 e. The van der Waals surface area contributed by atoms with Crippen molar-refractivity contribution in [1.29, 1.82) is 0 Å². The van der Waals surface area contributed by atoms with Gasteiger partial charge in [-0.1, -0.05) is 30.3 Å². The van der Waals surface area contributed by atoms with Crippen LogP contribution in [0.3, 0.4) is 0 Å². The van der Waals surface area contributed by atoms with Crippen molar-refractivity contribution in [3.8, 4) is 11.1 Å². The molecular weight excluding hydrogens is 460 g/mol. The minimum atomic E-state index is 0.332. The van der Waals surface area contributed by atoms with Gasteiger partial charge in [-0.2, -0.15) is 4.98 Å². The number of hydrogen-bond donors (Lipinski definition) is 0. The van der Waals surface area contributed by atoms with Crippen molar-refractivity contribution in [2.75, 3.05) is 36.0 Å². The molecule has 6 rings (SSSR count). The van der Waals surface area contributed by atoms with Crippen LogP contribution in [0.15, 0.2) is 41.8 Å². The SMILES string of the molecule is Cc1cccc(N2CCN(c3nc(Cl)nc4scc(-c5ccc6c(c5)CCCC6)c34)CC2)c1C. The van der Waals surface area contributed by atoms with Crippen LogP contribution in [-0.4, -0.2) is 36.1 Å². The zero-order valence-electron chi connectivity index (χ0n) is 19.8. The Labute approximate surface area is 210 Å². The number of fused-ring (bicyclic) bond motifs is 2. The molecule has 174 valence electrons. The zero-order chi connectivity index (χ0) is 23.2. The van der Waals surface area contributed by atoms with Gasteiger partial charge in [0.2, 0.25) is 5.28 Å². The van der Waals surface area contributed by atoms with Gasteiger partial charge in [0.25, 0.3) is 0 Å². The van der Waals surface area contributed by atoms with E-state index in [4.69, 9.17) is 16.6 Å². The van der Waals surface area contributed by atoms with E-state index in [0.717, 1.165) is 42.2 Å². The van der Waals surface area contributed by atoms with Gasteiger partial charge in [-0.15, -0.1) is 11.3 Å². The highest BCUT2D eigenvalue weighted by molar-refractivity contribution is 7.17. The summed E-state index contributed by atoms with van der Waals surface area (Å²) in [6.45, 7) is 8.16. The second-order valence-electron chi connectivity index (χ2n) is 9.53. The van der Waals surface area contributed by atoms with Crippen LogP contribution in [0.2, 0.25) is 5.28 Å². The molecule has 1 fully saturated rings. The van der Waals surface area contributed by atoms with E-state index in [-0.39, 0.29) is 0 Å². The van der Waals surface area contributed by atoms with E-state index in [1.807, 2.05) is 0 Å². The molecule has 1 saturated heterocycles. The number of anilines is 2. The normalized spacial score (nSPS) is 16.2. The molecule has 1 aliphatic heterocycles. The zero-order valence-corrected chi connectivity index (χ0v) is 21.3. The van der Waals surface area contributed by atoms with Crippen molar-refractivity contribution in [1.82, 2.24) is 9.97 Å². The van der Waals surface area contributed by atoms with E-state index in [9.17, 15) is 0 Å². The lowest BCUT2D eigenvalue weighted by Gasteiger charge is -2.38. The third-order valence-corrected chi connectivity index (χ3v) is 8.58. The topological polar surface area (TPSA) is 32.3 Å². The van der Waals surface area contributed by atoms with Gasteiger partial charge in [0.15, 0.2) is 0 Å². The van der Waals surface area contributed by atoms with Gasteiger partial charge in [0.05, 0.1) is 5.39 Å². The van der Waals surface area contributed by atoms with E-state index in [2.05, 4.69) is 70.4 Å². The van der Waals surface area contributed by atoms with Crippen molar-refractivity contribution < 1.29 is 0 Å². The monoisotopic (exact) mass is 488 g/mol. The molecular formula is C28H29ClN4S. The molecule has 0 amide bonds. The Hall–Kier alpha value is -2.63. The van der Waals surface area contributed by atoms with Crippen molar-refractivity contribution in [2.24, 2.45) is 0 Å². The van der Waals surface area contributed by atoms with E-state index < -0.39 is 0 Å². The highest BCUT2D eigenvalue weighted by Crippen LogP contribution is 2.40. The van der Waals surface area contributed by atoms with Crippen molar-refractivity contribution in [2.45, 2.75) is 39.5 Å². The van der Waals surface area contributed by atoms with Crippen molar-refractivity contribution >= 4 is 44.7 Å². The Morgan fingerprint density at radius 3 is 2.47 bits per heavy atom. The molecule has 0 bridgehead atoms.